The number of benzene rings is 1. The number of nitrogens with one attached hydrogen (secondary N) is 1. The number of thioether (sulfide) groups is 1. The highest BCUT2D eigenvalue weighted by Crippen LogP contribution is 2.33. The molecule has 3 N–H and O–H groups in total. The molecule has 2 aromatic rings. The zero-order chi connectivity index (χ0) is 15.4. The molecule has 21 heavy (non-hydrogen) atoms. The lowest BCUT2D eigenvalue weighted by atomic mass is 10.2. The Morgan fingerprint density at radius 2 is 2.05 bits per heavy atom. The number of aryl methyl sites for hydroxylation is 1. The van der Waals surface area contributed by atoms with Crippen LogP contribution in [0.4, 0.5) is 11.5 Å². The van der Waals surface area contributed by atoms with Crippen molar-refractivity contribution in [2.45, 2.75) is 11.9 Å². The lowest BCUT2D eigenvalue weighted by molar-refractivity contribution is -0.113. The van der Waals surface area contributed by atoms with E-state index < -0.39 is 0 Å². The summed E-state index contributed by atoms with van der Waals surface area (Å²) in [6.07, 6.45) is 3.01. The number of anilines is 2. The van der Waals surface area contributed by atoms with Gasteiger partial charge in [0.05, 0.1) is 21.5 Å². The first-order valence-electron chi connectivity index (χ1n) is 5.92. The van der Waals surface area contributed by atoms with Gasteiger partial charge in [0.25, 0.3) is 0 Å². The van der Waals surface area contributed by atoms with Gasteiger partial charge in [0, 0.05) is 12.4 Å². The Hall–Kier alpha value is -1.50. The number of carbonyl (C=O) groups is 1. The third-order valence-corrected chi connectivity index (χ3v) is 4.38. The minimum atomic E-state index is -0.251. The van der Waals surface area contributed by atoms with E-state index in [-0.39, 0.29) is 11.7 Å². The molecule has 0 aliphatic heterocycles. The lowest BCUT2D eigenvalue weighted by Gasteiger charge is -2.11. The van der Waals surface area contributed by atoms with Gasteiger partial charge in [-0.05, 0) is 18.6 Å². The van der Waals surface area contributed by atoms with Crippen molar-refractivity contribution in [2.75, 3.05) is 16.8 Å². The molecule has 0 bridgehead atoms. The van der Waals surface area contributed by atoms with Crippen LogP contribution < -0.4 is 11.1 Å². The molecular formula is C13H12Cl2N4OS. The van der Waals surface area contributed by atoms with E-state index in [0.29, 0.717) is 26.6 Å². The van der Waals surface area contributed by atoms with Gasteiger partial charge in [0.1, 0.15) is 5.03 Å². The quantitative estimate of drug-likeness (QED) is 0.832. The zero-order valence-corrected chi connectivity index (χ0v) is 13.4. The fourth-order valence-electron chi connectivity index (χ4n) is 1.53. The Morgan fingerprint density at radius 3 is 2.76 bits per heavy atom. The first-order chi connectivity index (χ1) is 9.99. The molecule has 0 atom stereocenters. The first kappa shape index (κ1) is 15.9. The lowest BCUT2D eigenvalue weighted by Crippen LogP contribution is -2.15. The highest BCUT2D eigenvalue weighted by molar-refractivity contribution is 8.00. The van der Waals surface area contributed by atoms with E-state index in [0.717, 1.165) is 5.56 Å². The highest BCUT2D eigenvalue weighted by atomic mass is 35.5. The number of nitrogens with two attached hydrogens (primary N) is 1. The number of nitrogen functional groups attached to an aromatic ring is 1. The monoisotopic (exact) mass is 342 g/mol. The van der Waals surface area contributed by atoms with Gasteiger partial charge in [-0.3, -0.25) is 4.79 Å². The summed E-state index contributed by atoms with van der Waals surface area (Å²) in [6.45, 7) is 1.84. The van der Waals surface area contributed by atoms with Crippen LogP contribution in [0.5, 0.6) is 0 Å². The molecule has 5 nitrogen and oxygen atoms in total. The number of hydrogen-bond donors (Lipinski definition) is 2. The predicted octanol–water partition coefficient (Wildman–Crippen LogP) is 3.40. The first-order valence-corrected chi connectivity index (χ1v) is 7.67. The van der Waals surface area contributed by atoms with Crippen molar-refractivity contribution in [3.8, 4) is 0 Å². The number of amides is 1. The molecule has 0 aliphatic carbocycles. The molecule has 0 unspecified atom stereocenters. The molecule has 0 saturated heterocycles. The summed E-state index contributed by atoms with van der Waals surface area (Å²) < 4.78 is 0. The van der Waals surface area contributed by atoms with E-state index in [9.17, 15) is 4.79 Å². The van der Waals surface area contributed by atoms with E-state index in [1.54, 1.807) is 12.1 Å². The van der Waals surface area contributed by atoms with Crippen LogP contribution in [-0.2, 0) is 4.79 Å². The average molecular weight is 343 g/mol. The fraction of sp³-hybridized carbons (Fsp3) is 0.154. The fourth-order valence-corrected chi connectivity index (χ4v) is 2.67. The second-order valence-corrected chi connectivity index (χ2v) is 5.89. The summed E-state index contributed by atoms with van der Waals surface area (Å²) in [5, 5.41) is 4.03. The van der Waals surface area contributed by atoms with E-state index in [1.165, 1.54) is 24.2 Å². The average Bonchev–Trinajstić information content (AvgIpc) is 2.47. The standard InChI is InChI=1S/C13H12Cl2N4OS/c1-7-2-3-8(14)11(10(7)15)19-9(20)6-21-13-12(16)17-4-5-18-13/h2-5H,6H2,1H3,(H2,16,17)(H,19,20). The number of nitrogens with zero attached hydrogens (tertiary/aromatic N) is 2. The molecule has 110 valence electrons. The van der Waals surface area contributed by atoms with Gasteiger partial charge in [-0.15, -0.1) is 0 Å². The van der Waals surface area contributed by atoms with Crippen molar-refractivity contribution in [3.63, 3.8) is 0 Å². The molecule has 1 amide bonds. The summed E-state index contributed by atoms with van der Waals surface area (Å²) in [7, 11) is 0. The third-order valence-electron chi connectivity index (χ3n) is 2.58. The van der Waals surface area contributed by atoms with Crippen molar-refractivity contribution in [3.05, 3.63) is 40.1 Å². The molecule has 1 aromatic carbocycles. The van der Waals surface area contributed by atoms with Crippen molar-refractivity contribution in [2.24, 2.45) is 0 Å². The molecular weight excluding hydrogens is 331 g/mol. The maximum absolute atomic E-state index is 12.0. The molecule has 8 heteroatoms. The van der Waals surface area contributed by atoms with E-state index >= 15 is 0 Å². The second kappa shape index (κ2) is 6.98. The van der Waals surface area contributed by atoms with Crippen LogP contribution in [0.1, 0.15) is 5.56 Å². The van der Waals surface area contributed by atoms with Crippen LogP contribution >= 0.6 is 35.0 Å². The van der Waals surface area contributed by atoms with E-state index in [2.05, 4.69) is 15.3 Å². The van der Waals surface area contributed by atoms with Gasteiger partial charge in [0.15, 0.2) is 5.82 Å². The smallest absolute Gasteiger partial charge is 0.234 e. The van der Waals surface area contributed by atoms with Gasteiger partial charge >= 0.3 is 0 Å². The Bertz CT molecular complexity index is 681. The molecule has 0 aliphatic rings. The van der Waals surface area contributed by atoms with Gasteiger partial charge in [-0.25, -0.2) is 9.97 Å². The number of aromatic nitrogens is 2. The van der Waals surface area contributed by atoms with Crippen LogP contribution in [-0.4, -0.2) is 21.6 Å². The summed E-state index contributed by atoms with van der Waals surface area (Å²) in [6, 6.07) is 3.47. The molecule has 2 rings (SSSR count). The molecule has 1 heterocycles. The Balaban J connectivity index is 2.03. The van der Waals surface area contributed by atoms with Gasteiger partial charge in [-0.1, -0.05) is 41.0 Å². The number of rotatable bonds is 4. The molecule has 0 fully saturated rings. The van der Waals surface area contributed by atoms with Crippen molar-refractivity contribution < 1.29 is 4.79 Å². The molecule has 1 aromatic heterocycles. The topological polar surface area (TPSA) is 80.9 Å². The summed E-state index contributed by atoms with van der Waals surface area (Å²) in [5.74, 6) is 0.171. The minimum absolute atomic E-state index is 0.128. The van der Waals surface area contributed by atoms with Crippen LogP contribution in [0.2, 0.25) is 10.0 Å². The molecule has 0 saturated carbocycles. The number of carbonyl (C=O) groups excluding carboxylic acids is 1. The summed E-state index contributed by atoms with van der Waals surface area (Å²) >= 11 is 13.4. The summed E-state index contributed by atoms with van der Waals surface area (Å²) in [4.78, 5) is 19.9. The van der Waals surface area contributed by atoms with E-state index in [4.69, 9.17) is 28.9 Å². The third kappa shape index (κ3) is 4.00. The van der Waals surface area contributed by atoms with Crippen molar-refractivity contribution >= 4 is 52.4 Å². The van der Waals surface area contributed by atoms with Crippen LogP contribution in [0.3, 0.4) is 0 Å². The van der Waals surface area contributed by atoms with Crippen LogP contribution in [0.15, 0.2) is 29.6 Å². The van der Waals surface area contributed by atoms with Crippen molar-refractivity contribution in [1.82, 2.24) is 9.97 Å². The number of hydrogen-bond acceptors (Lipinski definition) is 5. The Labute approximate surface area is 136 Å². The van der Waals surface area contributed by atoms with Gasteiger partial charge in [0.2, 0.25) is 5.91 Å². The molecule has 0 radical (unpaired) electrons. The Morgan fingerprint density at radius 1 is 1.33 bits per heavy atom. The van der Waals surface area contributed by atoms with Crippen LogP contribution in [0.25, 0.3) is 0 Å². The zero-order valence-electron chi connectivity index (χ0n) is 11.1. The molecule has 0 spiro atoms. The largest absolute Gasteiger partial charge is 0.381 e. The minimum Gasteiger partial charge on any atom is -0.381 e. The Kier molecular flexibility index (Phi) is 5.27. The normalized spacial score (nSPS) is 10.4. The van der Waals surface area contributed by atoms with Gasteiger partial charge in [-0.2, -0.15) is 0 Å². The van der Waals surface area contributed by atoms with Crippen molar-refractivity contribution in [1.29, 1.82) is 0 Å². The van der Waals surface area contributed by atoms with Crippen LogP contribution in [0, 0.1) is 6.92 Å². The summed E-state index contributed by atoms with van der Waals surface area (Å²) in [5.41, 5.74) is 6.91. The number of halogens is 2. The second-order valence-electron chi connectivity index (χ2n) is 4.14. The SMILES string of the molecule is Cc1ccc(Cl)c(NC(=O)CSc2nccnc2N)c1Cl. The van der Waals surface area contributed by atoms with E-state index in [1.807, 2.05) is 6.92 Å². The maximum Gasteiger partial charge on any atom is 0.234 e. The highest BCUT2D eigenvalue weighted by Gasteiger charge is 2.13. The predicted molar refractivity (Wildman–Crippen MR) is 87.0 cm³/mol. The van der Waals surface area contributed by atoms with Gasteiger partial charge < -0.3 is 11.1 Å². The maximum atomic E-state index is 12.0.